The Morgan fingerprint density at radius 2 is 2.06 bits per heavy atom. The van der Waals surface area contributed by atoms with E-state index in [-0.39, 0.29) is 0 Å². The van der Waals surface area contributed by atoms with Crippen LogP contribution in [-0.2, 0) is 13.1 Å². The lowest BCUT2D eigenvalue weighted by Gasteiger charge is -2.06. The van der Waals surface area contributed by atoms with Crippen LogP contribution in [0.1, 0.15) is 6.42 Å². The van der Waals surface area contributed by atoms with Crippen molar-refractivity contribution >= 4 is 17.0 Å². The number of benzene rings is 1. The summed E-state index contributed by atoms with van der Waals surface area (Å²) < 4.78 is 3.85. The van der Waals surface area contributed by atoms with Crippen LogP contribution in [0.2, 0.25) is 0 Å². The highest BCUT2D eigenvalue weighted by atomic mass is 15.4. The summed E-state index contributed by atoms with van der Waals surface area (Å²) in [6, 6.07) is 7.97. The molecule has 0 aliphatic heterocycles. The van der Waals surface area contributed by atoms with Crippen molar-refractivity contribution in [2.24, 2.45) is 0 Å². The average molecular weight is 242 g/mol. The molecule has 0 atom stereocenters. The third-order valence-corrected chi connectivity index (χ3v) is 2.92. The van der Waals surface area contributed by atoms with E-state index in [0.29, 0.717) is 5.95 Å². The number of nitrogens with two attached hydrogens (primary N) is 1. The Morgan fingerprint density at radius 3 is 2.89 bits per heavy atom. The summed E-state index contributed by atoms with van der Waals surface area (Å²) in [6.07, 6.45) is 4.48. The maximum atomic E-state index is 5.93. The van der Waals surface area contributed by atoms with Crippen LogP contribution in [-0.4, -0.2) is 24.5 Å². The molecule has 0 saturated heterocycles. The second-order valence-corrected chi connectivity index (χ2v) is 4.13. The van der Waals surface area contributed by atoms with Gasteiger partial charge in [-0.15, -0.1) is 5.10 Å². The highest BCUT2D eigenvalue weighted by Gasteiger charge is 2.06. The van der Waals surface area contributed by atoms with Gasteiger partial charge in [-0.2, -0.15) is 0 Å². The van der Waals surface area contributed by atoms with Crippen LogP contribution in [0.3, 0.4) is 0 Å². The van der Waals surface area contributed by atoms with Crippen molar-refractivity contribution in [1.29, 1.82) is 0 Å². The molecule has 92 valence electrons. The van der Waals surface area contributed by atoms with Crippen LogP contribution in [0.4, 0.5) is 5.95 Å². The highest BCUT2D eigenvalue weighted by molar-refractivity contribution is 5.78. The quantitative estimate of drug-likeness (QED) is 0.748. The minimum absolute atomic E-state index is 0.565. The van der Waals surface area contributed by atoms with Crippen molar-refractivity contribution in [1.82, 2.24) is 24.5 Å². The Kier molecular flexibility index (Phi) is 2.68. The number of para-hydroxylation sites is 2. The number of hydrogen-bond donors (Lipinski definition) is 1. The molecule has 3 rings (SSSR count). The number of anilines is 1. The summed E-state index contributed by atoms with van der Waals surface area (Å²) in [7, 11) is 0. The summed E-state index contributed by atoms with van der Waals surface area (Å²) in [4.78, 5) is 4.33. The zero-order chi connectivity index (χ0) is 12.4. The predicted molar refractivity (Wildman–Crippen MR) is 68.8 cm³/mol. The molecule has 18 heavy (non-hydrogen) atoms. The molecule has 0 aliphatic rings. The van der Waals surface area contributed by atoms with Crippen molar-refractivity contribution in [2.45, 2.75) is 19.5 Å². The molecule has 0 bridgehead atoms. The summed E-state index contributed by atoms with van der Waals surface area (Å²) >= 11 is 0. The molecule has 6 nitrogen and oxygen atoms in total. The number of imidazole rings is 1. The molecule has 0 radical (unpaired) electrons. The number of aryl methyl sites for hydroxylation is 2. The fourth-order valence-electron chi connectivity index (χ4n) is 2.07. The molecule has 1 aromatic carbocycles. The standard InChI is InChI=1S/C12H14N6/c13-12-15-10-4-1-2-5-11(10)18(12)8-3-7-17-9-6-14-16-17/h1-2,4-6,9H,3,7-8H2,(H2,13,15). The van der Waals surface area contributed by atoms with Gasteiger partial charge in [-0.3, -0.25) is 4.68 Å². The monoisotopic (exact) mass is 242 g/mol. The third kappa shape index (κ3) is 1.92. The molecule has 0 fully saturated rings. The lowest BCUT2D eigenvalue weighted by Crippen LogP contribution is -2.07. The van der Waals surface area contributed by atoms with E-state index in [9.17, 15) is 0 Å². The first-order chi connectivity index (χ1) is 8.84. The molecular formula is C12H14N6. The molecule has 2 aromatic heterocycles. The zero-order valence-corrected chi connectivity index (χ0v) is 9.90. The van der Waals surface area contributed by atoms with Gasteiger partial charge < -0.3 is 10.3 Å². The fraction of sp³-hybridized carbons (Fsp3) is 0.250. The van der Waals surface area contributed by atoms with E-state index >= 15 is 0 Å². The number of nitrogen functional groups attached to an aromatic ring is 1. The fourth-order valence-corrected chi connectivity index (χ4v) is 2.07. The SMILES string of the molecule is Nc1nc2ccccc2n1CCCn1ccnn1. The van der Waals surface area contributed by atoms with E-state index in [1.807, 2.05) is 39.7 Å². The van der Waals surface area contributed by atoms with Gasteiger partial charge in [0.2, 0.25) is 5.95 Å². The predicted octanol–water partition coefficient (Wildman–Crippen LogP) is 1.30. The Balaban J connectivity index is 1.76. The lowest BCUT2D eigenvalue weighted by molar-refractivity contribution is 0.521. The van der Waals surface area contributed by atoms with Crippen LogP contribution < -0.4 is 5.73 Å². The number of hydrogen-bond acceptors (Lipinski definition) is 4. The Hall–Kier alpha value is -2.37. The normalized spacial score (nSPS) is 11.1. The van der Waals surface area contributed by atoms with E-state index < -0.39 is 0 Å². The summed E-state index contributed by atoms with van der Waals surface area (Å²) in [6.45, 7) is 1.65. The van der Waals surface area contributed by atoms with Gasteiger partial charge in [0, 0.05) is 19.3 Å². The Bertz CT molecular complexity index is 640. The van der Waals surface area contributed by atoms with E-state index in [4.69, 9.17) is 5.73 Å². The van der Waals surface area contributed by atoms with Crippen molar-refractivity contribution in [3.63, 3.8) is 0 Å². The number of rotatable bonds is 4. The summed E-state index contributed by atoms with van der Waals surface area (Å²) in [5.41, 5.74) is 7.95. The topological polar surface area (TPSA) is 74.5 Å². The van der Waals surface area contributed by atoms with Gasteiger partial charge in [0.25, 0.3) is 0 Å². The second kappa shape index (κ2) is 4.48. The van der Waals surface area contributed by atoms with Crippen LogP contribution in [0, 0.1) is 0 Å². The summed E-state index contributed by atoms with van der Waals surface area (Å²) in [5.74, 6) is 0.565. The maximum Gasteiger partial charge on any atom is 0.201 e. The van der Waals surface area contributed by atoms with Crippen LogP contribution in [0.5, 0.6) is 0 Å². The molecule has 2 N–H and O–H groups in total. The van der Waals surface area contributed by atoms with Gasteiger partial charge in [0.15, 0.2) is 0 Å². The minimum atomic E-state index is 0.565. The summed E-state index contributed by atoms with van der Waals surface area (Å²) in [5, 5.41) is 7.70. The molecule has 2 heterocycles. The van der Waals surface area contributed by atoms with Crippen LogP contribution in [0.15, 0.2) is 36.7 Å². The Labute approximate surface area is 104 Å². The van der Waals surface area contributed by atoms with Crippen molar-refractivity contribution in [3.8, 4) is 0 Å². The lowest BCUT2D eigenvalue weighted by atomic mass is 10.3. The third-order valence-electron chi connectivity index (χ3n) is 2.92. The average Bonchev–Trinajstić information content (AvgIpc) is 2.98. The first-order valence-corrected chi connectivity index (χ1v) is 5.89. The van der Waals surface area contributed by atoms with Gasteiger partial charge in [-0.1, -0.05) is 17.3 Å². The van der Waals surface area contributed by atoms with Gasteiger partial charge in [0.1, 0.15) is 0 Å². The number of aromatic nitrogens is 5. The molecular weight excluding hydrogens is 228 g/mol. The molecule has 6 heteroatoms. The van der Waals surface area contributed by atoms with Gasteiger partial charge in [-0.05, 0) is 18.6 Å². The molecule has 0 spiro atoms. The highest BCUT2D eigenvalue weighted by Crippen LogP contribution is 2.17. The number of nitrogens with zero attached hydrogens (tertiary/aromatic N) is 5. The largest absolute Gasteiger partial charge is 0.369 e. The zero-order valence-electron chi connectivity index (χ0n) is 9.90. The molecule has 3 aromatic rings. The Morgan fingerprint density at radius 1 is 1.17 bits per heavy atom. The second-order valence-electron chi connectivity index (χ2n) is 4.13. The first kappa shape index (κ1) is 10.8. The van der Waals surface area contributed by atoms with Gasteiger partial charge in [-0.25, -0.2) is 4.98 Å². The molecule has 0 saturated carbocycles. The maximum absolute atomic E-state index is 5.93. The minimum Gasteiger partial charge on any atom is -0.369 e. The molecule has 0 amide bonds. The number of fused-ring (bicyclic) bond motifs is 1. The van der Waals surface area contributed by atoms with Crippen molar-refractivity contribution in [3.05, 3.63) is 36.7 Å². The van der Waals surface area contributed by atoms with Gasteiger partial charge >= 0.3 is 0 Å². The van der Waals surface area contributed by atoms with Gasteiger partial charge in [0.05, 0.1) is 17.2 Å². The van der Waals surface area contributed by atoms with E-state index in [1.54, 1.807) is 6.20 Å². The van der Waals surface area contributed by atoms with E-state index in [1.165, 1.54) is 0 Å². The van der Waals surface area contributed by atoms with Crippen LogP contribution in [0.25, 0.3) is 11.0 Å². The van der Waals surface area contributed by atoms with E-state index in [0.717, 1.165) is 30.5 Å². The van der Waals surface area contributed by atoms with Crippen molar-refractivity contribution in [2.75, 3.05) is 5.73 Å². The van der Waals surface area contributed by atoms with Crippen molar-refractivity contribution < 1.29 is 0 Å². The first-order valence-electron chi connectivity index (χ1n) is 5.89. The molecule has 0 unspecified atom stereocenters. The van der Waals surface area contributed by atoms with Crippen LogP contribution >= 0.6 is 0 Å². The smallest absolute Gasteiger partial charge is 0.201 e. The van der Waals surface area contributed by atoms with E-state index in [2.05, 4.69) is 15.3 Å². The molecule has 0 aliphatic carbocycles.